The molecular formula is C26H27N5O2. The number of fused-ring (bicyclic) bond motifs is 1. The Labute approximate surface area is 193 Å². The second kappa shape index (κ2) is 8.94. The molecule has 0 saturated carbocycles. The van der Waals surface area contributed by atoms with Gasteiger partial charge in [-0.1, -0.05) is 38.1 Å². The van der Waals surface area contributed by atoms with E-state index in [1.54, 1.807) is 6.26 Å². The number of carbonyl (C=O) groups is 1. The third kappa shape index (κ3) is 4.39. The Morgan fingerprint density at radius 2 is 1.70 bits per heavy atom. The molecule has 1 fully saturated rings. The average molecular weight is 442 g/mol. The molecule has 2 amide bonds. The number of nitrogens with one attached hydrogen (secondary N) is 1. The van der Waals surface area contributed by atoms with Gasteiger partial charge in [0.1, 0.15) is 5.82 Å². The summed E-state index contributed by atoms with van der Waals surface area (Å²) in [6, 6.07) is 19.7. The van der Waals surface area contributed by atoms with Crippen LogP contribution in [0, 0.1) is 0 Å². The molecule has 4 aromatic rings. The molecular weight excluding hydrogens is 414 g/mol. The highest BCUT2D eigenvalue weighted by molar-refractivity contribution is 5.92. The van der Waals surface area contributed by atoms with E-state index in [2.05, 4.69) is 41.2 Å². The predicted molar refractivity (Wildman–Crippen MR) is 131 cm³/mol. The summed E-state index contributed by atoms with van der Waals surface area (Å²) in [6.45, 7) is 6.93. The van der Waals surface area contributed by atoms with E-state index >= 15 is 0 Å². The van der Waals surface area contributed by atoms with Gasteiger partial charge in [0.15, 0.2) is 11.6 Å². The molecule has 2 aromatic carbocycles. The summed E-state index contributed by atoms with van der Waals surface area (Å²) < 4.78 is 5.53. The topological polar surface area (TPSA) is 74.5 Å². The van der Waals surface area contributed by atoms with E-state index < -0.39 is 0 Å². The molecule has 5 rings (SSSR count). The lowest BCUT2D eigenvalue weighted by atomic mass is 10.0. The number of hydrogen-bond donors (Lipinski definition) is 1. The van der Waals surface area contributed by atoms with Gasteiger partial charge in [-0.25, -0.2) is 14.8 Å². The van der Waals surface area contributed by atoms with Gasteiger partial charge < -0.3 is 19.5 Å². The zero-order valence-electron chi connectivity index (χ0n) is 18.9. The fraction of sp³-hybridized carbons (Fsp3) is 0.269. The van der Waals surface area contributed by atoms with Crippen LogP contribution in [0.15, 0.2) is 71.3 Å². The third-order valence-corrected chi connectivity index (χ3v) is 6.02. The maximum Gasteiger partial charge on any atom is 0.321 e. The second-order valence-corrected chi connectivity index (χ2v) is 8.55. The van der Waals surface area contributed by atoms with Gasteiger partial charge in [0, 0.05) is 37.3 Å². The molecule has 0 aliphatic carbocycles. The van der Waals surface area contributed by atoms with Crippen molar-refractivity contribution < 1.29 is 9.21 Å². The van der Waals surface area contributed by atoms with Gasteiger partial charge in [0.2, 0.25) is 0 Å². The first-order chi connectivity index (χ1) is 16.1. The summed E-state index contributed by atoms with van der Waals surface area (Å²) in [4.78, 5) is 26.4. The highest BCUT2D eigenvalue weighted by atomic mass is 16.3. The monoisotopic (exact) mass is 441 g/mol. The van der Waals surface area contributed by atoms with Gasteiger partial charge in [-0.2, -0.15) is 0 Å². The van der Waals surface area contributed by atoms with E-state index in [4.69, 9.17) is 9.40 Å². The molecule has 1 aliphatic rings. The van der Waals surface area contributed by atoms with Gasteiger partial charge in [-0.15, -0.1) is 0 Å². The molecule has 2 aromatic heterocycles. The van der Waals surface area contributed by atoms with E-state index in [0.717, 1.165) is 22.4 Å². The Kier molecular flexibility index (Phi) is 5.69. The summed E-state index contributed by atoms with van der Waals surface area (Å²) in [7, 11) is 0. The standard InChI is InChI=1S/C26H27N5O2/c1-18(2)19-9-11-20(12-10-19)27-26(32)31-15-13-30(14-16-31)25-21-6-3-4-7-22(21)28-24(29-25)23-8-5-17-33-23/h3-12,17-18H,13-16H2,1-2H3,(H,27,32). The number of amides is 2. The maximum absolute atomic E-state index is 12.8. The number of urea groups is 1. The van der Waals surface area contributed by atoms with Gasteiger partial charge in [-0.05, 0) is 47.9 Å². The first-order valence-corrected chi connectivity index (χ1v) is 11.3. The molecule has 1 aliphatic heterocycles. The summed E-state index contributed by atoms with van der Waals surface area (Å²) in [6.07, 6.45) is 1.63. The minimum atomic E-state index is -0.0734. The molecule has 7 nitrogen and oxygen atoms in total. The SMILES string of the molecule is CC(C)c1ccc(NC(=O)N2CCN(c3nc(-c4ccco4)nc4ccccc34)CC2)cc1. The van der Waals surface area contributed by atoms with Gasteiger partial charge in [0.05, 0.1) is 11.8 Å². The highest BCUT2D eigenvalue weighted by Crippen LogP contribution is 2.28. The van der Waals surface area contributed by atoms with Crippen LogP contribution in [0.3, 0.4) is 0 Å². The first-order valence-electron chi connectivity index (χ1n) is 11.3. The lowest BCUT2D eigenvalue weighted by molar-refractivity contribution is 0.208. The minimum Gasteiger partial charge on any atom is -0.461 e. The molecule has 0 spiro atoms. The Morgan fingerprint density at radius 1 is 0.939 bits per heavy atom. The van der Waals surface area contributed by atoms with Crippen LogP contribution < -0.4 is 10.2 Å². The van der Waals surface area contributed by atoms with Crippen molar-refractivity contribution in [2.24, 2.45) is 0 Å². The number of furan rings is 1. The Balaban J connectivity index is 1.30. The van der Waals surface area contributed by atoms with Crippen LogP contribution in [0.5, 0.6) is 0 Å². The van der Waals surface area contributed by atoms with Crippen molar-refractivity contribution >= 4 is 28.4 Å². The number of hydrogen-bond acceptors (Lipinski definition) is 5. The number of benzene rings is 2. The molecule has 168 valence electrons. The fourth-order valence-electron chi connectivity index (χ4n) is 4.09. The van der Waals surface area contributed by atoms with Crippen molar-refractivity contribution in [1.29, 1.82) is 0 Å². The predicted octanol–water partition coefficient (Wildman–Crippen LogP) is 5.37. The van der Waals surface area contributed by atoms with E-state index in [9.17, 15) is 4.79 Å². The molecule has 1 saturated heterocycles. The van der Waals surface area contributed by atoms with Crippen LogP contribution in [0.2, 0.25) is 0 Å². The number of rotatable bonds is 4. The Bertz CT molecular complexity index is 1240. The van der Waals surface area contributed by atoms with Crippen molar-refractivity contribution in [2.75, 3.05) is 36.4 Å². The zero-order valence-corrected chi connectivity index (χ0v) is 18.9. The molecule has 0 unspecified atom stereocenters. The van der Waals surface area contributed by atoms with E-state index in [1.807, 2.05) is 53.4 Å². The van der Waals surface area contributed by atoms with Crippen LogP contribution in [0.25, 0.3) is 22.5 Å². The van der Waals surface area contributed by atoms with Gasteiger partial charge in [0.25, 0.3) is 0 Å². The molecule has 0 bridgehead atoms. The van der Waals surface area contributed by atoms with Crippen molar-refractivity contribution in [3.63, 3.8) is 0 Å². The summed E-state index contributed by atoms with van der Waals surface area (Å²) in [5.74, 6) is 2.55. The van der Waals surface area contributed by atoms with Crippen LogP contribution in [-0.4, -0.2) is 47.1 Å². The van der Waals surface area contributed by atoms with Gasteiger partial charge in [-0.3, -0.25) is 0 Å². The van der Waals surface area contributed by atoms with E-state index in [0.29, 0.717) is 43.7 Å². The zero-order chi connectivity index (χ0) is 22.8. The fourth-order valence-corrected chi connectivity index (χ4v) is 4.09. The number of anilines is 2. The number of para-hydroxylation sites is 1. The van der Waals surface area contributed by atoms with Crippen molar-refractivity contribution in [3.8, 4) is 11.6 Å². The molecule has 0 radical (unpaired) electrons. The summed E-state index contributed by atoms with van der Waals surface area (Å²) in [5, 5.41) is 4.02. The number of carbonyl (C=O) groups excluding carboxylic acids is 1. The van der Waals surface area contributed by atoms with Crippen LogP contribution in [0.1, 0.15) is 25.3 Å². The molecule has 33 heavy (non-hydrogen) atoms. The number of piperazine rings is 1. The quantitative estimate of drug-likeness (QED) is 0.461. The van der Waals surface area contributed by atoms with Crippen LogP contribution >= 0.6 is 0 Å². The number of aromatic nitrogens is 2. The van der Waals surface area contributed by atoms with Crippen molar-refractivity contribution in [3.05, 3.63) is 72.5 Å². The Morgan fingerprint density at radius 3 is 2.39 bits per heavy atom. The lowest BCUT2D eigenvalue weighted by Gasteiger charge is -2.35. The second-order valence-electron chi connectivity index (χ2n) is 8.55. The smallest absolute Gasteiger partial charge is 0.321 e. The molecule has 7 heteroatoms. The summed E-state index contributed by atoms with van der Waals surface area (Å²) in [5.41, 5.74) is 2.95. The summed E-state index contributed by atoms with van der Waals surface area (Å²) >= 11 is 0. The van der Waals surface area contributed by atoms with E-state index in [-0.39, 0.29) is 6.03 Å². The molecule has 1 N–H and O–H groups in total. The van der Waals surface area contributed by atoms with E-state index in [1.165, 1.54) is 5.56 Å². The maximum atomic E-state index is 12.8. The third-order valence-electron chi connectivity index (χ3n) is 6.02. The van der Waals surface area contributed by atoms with Crippen molar-refractivity contribution in [1.82, 2.24) is 14.9 Å². The lowest BCUT2D eigenvalue weighted by Crippen LogP contribution is -2.50. The van der Waals surface area contributed by atoms with Gasteiger partial charge >= 0.3 is 6.03 Å². The average Bonchev–Trinajstić information content (AvgIpc) is 3.39. The minimum absolute atomic E-state index is 0.0734. The Hall–Kier alpha value is -3.87. The van der Waals surface area contributed by atoms with Crippen LogP contribution in [-0.2, 0) is 0 Å². The van der Waals surface area contributed by atoms with Crippen LogP contribution in [0.4, 0.5) is 16.3 Å². The molecule has 0 atom stereocenters. The number of nitrogens with zero attached hydrogens (tertiary/aromatic N) is 4. The first kappa shape index (κ1) is 21.0. The highest BCUT2D eigenvalue weighted by Gasteiger charge is 2.24. The normalized spacial score (nSPS) is 14.2. The largest absolute Gasteiger partial charge is 0.461 e. The van der Waals surface area contributed by atoms with Crippen molar-refractivity contribution in [2.45, 2.75) is 19.8 Å². The molecule has 3 heterocycles.